The number of hydrogen-bond donors (Lipinski definition) is 1. The van der Waals surface area contributed by atoms with Crippen LogP contribution in [-0.4, -0.2) is 4.98 Å². The zero-order chi connectivity index (χ0) is 9.97. The molecule has 0 fully saturated rings. The van der Waals surface area contributed by atoms with Gasteiger partial charge < -0.3 is 4.98 Å². The van der Waals surface area contributed by atoms with Gasteiger partial charge in [0.05, 0.1) is 0 Å². The van der Waals surface area contributed by atoms with Crippen LogP contribution in [0.3, 0.4) is 0 Å². The summed E-state index contributed by atoms with van der Waals surface area (Å²) in [6.07, 6.45) is 6.97. The molecule has 2 aromatic rings. The first-order valence-corrected chi connectivity index (χ1v) is 4.82. The molecular weight excluding hydrogens is 170 g/mol. The molecule has 0 amide bonds. The number of aromatic nitrogens is 1. The van der Waals surface area contributed by atoms with Crippen molar-refractivity contribution in [3.8, 4) is 12.3 Å². The number of terminal acetylenes is 1. The fourth-order valence-corrected chi connectivity index (χ4v) is 1.71. The molecule has 0 bridgehead atoms. The monoisotopic (exact) mass is 183 g/mol. The van der Waals surface area contributed by atoms with E-state index < -0.39 is 0 Å². The van der Waals surface area contributed by atoms with E-state index >= 15 is 0 Å². The molecule has 0 aliphatic heterocycles. The number of hydrogen-bond acceptors (Lipinski definition) is 0. The highest BCUT2D eigenvalue weighted by atomic mass is 14.7. The van der Waals surface area contributed by atoms with E-state index in [0.717, 1.165) is 12.8 Å². The lowest BCUT2D eigenvalue weighted by atomic mass is 10.1. The number of benzene rings is 1. The number of fused-ring (bicyclic) bond motifs is 1. The van der Waals surface area contributed by atoms with Crippen LogP contribution in [0, 0.1) is 19.3 Å². The third-order valence-corrected chi connectivity index (χ3v) is 2.48. The molecular formula is C13H13N. The minimum absolute atomic E-state index is 0.797. The topological polar surface area (TPSA) is 15.8 Å². The van der Waals surface area contributed by atoms with Crippen LogP contribution in [0.15, 0.2) is 24.3 Å². The van der Waals surface area contributed by atoms with E-state index in [2.05, 4.69) is 42.1 Å². The van der Waals surface area contributed by atoms with Crippen molar-refractivity contribution in [3.05, 3.63) is 35.5 Å². The summed E-state index contributed by atoms with van der Waals surface area (Å²) in [5.41, 5.74) is 3.75. The van der Waals surface area contributed by atoms with E-state index in [4.69, 9.17) is 6.42 Å². The zero-order valence-corrected chi connectivity index (χ0v) is 8.30. The summed E-state index contributed by atoms with van der Waals surface area (Å²) in [5.74, 6) is 2.66. The van der Waals surface area contributed by atoms with Gasteiger partial charge in [-0.2, -0.15) is 0 Å². The maximum Gasteiger partial charge on any atom is 0.0458 e. The van der Waals surface area contributed by atoms with Crippen molar-refractivity contribution in [1.82, 2.24) is 4.98 Å². The van der Waals surface area contributed by atoms with Gasteiger partial charge in [0.1, 0.15) is 0 Å². The molecule has 1 nitrogen and oxygen atoms in total. The standard InChI is InChI=1S/C13H13N/c1-3-4-7-11-9-12-10(2)6-5-8-13(12)14-11/h1,5-6,8-9,14H,4,7H2,2H3. The Hall–Kier alpha value is -1.68. The van der Waals surface area contributed by atoms with Crippen LogP contribution in [0.1, 0.15) is 17.7 Å². The molecule has 0 saturated heterocycles. The van der Waals surface area contributed by atoms with Crippen molar-refractivity contribution in [3.63, 3.8) is 0 Å². The molecule has 1 heteroatoms. The van der Waals surface area contributed by atoms with Crippen LogP contribution in [-0.2, 0) is 6.42 Å². The summed E-state index contributed by atoms with van der Waals surface area (Å²) in [6.45, 7) is 2.13. The van der Waals surface area contributed by atoms with Gasteiger partial charge in [-0.3, -0.25) is 0 Å². The summed E-state index contributed by atoms with van der Waals surface area (Å²) in [7, 11) is 0. The average Bonchev–Trinajstić information content (AvgIpc) is 2.59. The van der Waals surface area contributed by atoms with Gasteiger partial charge in [0, 0.05) is 23.0 Å². The Morgan fingerprint density at radius 2 is 2.29 bits per heavy atom. The highest BCUT2D eigenvalue weighted by Gasteiger charge is 2.01. The molecule has 0 atom stereocenters. The lowest BCUT2D eigenvalue weighted by Gasteiger charge is -1.92. The molecule has 1 aromatic heterocycles. The second-order valence-corrected chi connectivity index (χ2v) is 3.53. The van der Waals surface area contributed by atoms with E-state index in [9.17, 15) is 0 Å². The molecule has 0 radical (unpaired) electrons. The maximum atomic E-state index is 5.24. The second kappa shape index (κ2) is 3.59. The van der Waals surface area contributed by atoms with Crippen LogP contribution in [0.5, 0.6) is 0 Å². The highest BCUT2D eigenvalue weighted by Crippen LogP contribution is 2.19. The fourth-order valence-electron chi connectivity index (χ4n) is 1.71. The predicted molar refractivity (Wildman–Crippen MR) is 60.2 cm³/mol. The summed E-state index contributed by atoms with van der Waals surface area (Å²) in [6, 6.07) is 8.49. The average molecular weight is 183 g/mol. The number of H-pyrrole nitrogens is 1. The van der Waals surface area contributed by atoms with Crippen LogP contribution in [0.25, 0.3) is 10.9 Å². The van der Waals surface area contributed by atoms with E-state index in [1.54, 1.807) is 0 Å². The molecule has 2 rings (SSSR count). The van der Waals surface area contributed by atoms with Crippen molar-refractivity contribution in [2.24, 2.45) is 0 Å². The Labute approximate surface area is 84.1 Å². The van der Waals surface area contributed by atoms with Gasteiger partial charge in [-0.25, -0.2) is 0 Å². The van der Waals surface area contributed by atoms with Gasteiger partial charge in [0.15, 0.2) is 0 Å². The van der Waals surface area contributed by atoms with Gasteiger partial charge in [0.2, 0.25) is 0 Å². The van der Waals surface area contributed by atoms with Crippen LogP contribution in [0.4, 0.5) is 0 Å². The molecule has 0 spiro atoms. The van der Waals surface area contributed by atoms with Gasteiger partial charge in [-0.15, -0.1) is 12.3 Å². The smallest absolute Gasteiger partial charge is 0.0458 e. The van der Waals surface area contributed by atoms with Gasteiger partial charge in [-0.1, -0.05) is 12.1 Å². The van der Waals surface area contributed by atoms with Crippen LogP contribution >= 0.6 is 0 Å². The minimum atomic E-state index is 0.797. The molecule has 0 unspecified atom stereocenters. The van der Waals surface area contributed by atoms with Crippen molar-refractivity contribution >= 4 is 10.9 Å². The Morgan fingerprint density at radius 3 is 3.00 bits per heavy atom. The summed E-state index contributed by atoms with van der Waals surface area (Å²) in [5, 5.41) is 1.31. The lowest BCUT2D eigenvalue weighted by molar-refractivity contribution is 0.987. The minimum Gasteiger partial charge on any atom is -0.358 e. The molecule has 70 valence electrons. The largest absolute Gasteiger partial charge is 0.358 e. The Balaban J connectivity index is 2.42. The molecule has 1 aromatic carbocycles. The number of nitrogens with one attached hydrogen (secondary N) is 1. The summed E-state index contributed by atoms with van der Waals surface area (Å²) >= 11 is 0. The van der Waals surface area contributed by atoms with Gasteiger partial charge >= 0.3 is 0 Å². The Morgan fingerprint density at radius 1 is 1.43 bits per heavy atom. The summed E-state index contributed by atoms with van der Waals surface area (Å²) in [4.78, 5) is 3.38. The Kier molecular flexibility index (Phi) is 2.28. The molecule has 1 N–H and O–H groups in total. The third-order valence-electron chi connectivity index (χ3n) is 2.48. The molecule has 0 aliphatic rings. The first-order valence-electron chi connectivity index (χ1n) is 4.82. The SMILES string of the molecule is C#CCCc1cc2c(C)cccc2[nH]1. The van der Waals surface area contributed by atoms with Crippen LogP contribution < -0.4 is 0 Å². The third kappa shape index (κ3) is 1.52. The zero-order valence-electron chi connectivity index (χ0n) is 8.30. The molecule has 1 heterocycles. The van der Waals surface area contributed by atoms with Crippen molar-refractivity contribution in [1.29, 1.82) is 0 Å². The quantitative estimate of drug-likeness (QED) is 0.689. The van der Waals surface area contributed by atoms with E-state index in [1.807, 2.05) is 0 Å². The van der Waals surface area contributed by atoms with Crippen LogP contribution in [0.2, 0.25) is 0 Å². The lowest BCUT2D eigenvalue weighted by Crippen LogP contribution is -1.81. The number of aryl methyl sites for hydroxylation is 2. The van der Waals surface area contributed by atoms with Crippen molar-refractivity contribution in [2.75, 3.05) is 0 Å². The summed E-state index contributed by atoms with van der Waals surface area (Å²) < 4.78 is 0. The predicted octanol–water partition coefficient (Wildman–Crippen LogP) is 3.04. The van der Waals surface area contributed by atoms with Crippen molar-refractivity contribution in [2.45, 2.75) is 19.8 Å². The van der Waals surface area contributed by atoms with E-state index in [1.165, 1.54) is 22.2 Å². The van der Waals surface area contributed by atoms with Gasteiger partial charge in [-0.05, 0) is 31.0 Å². The number of aromatic amines is 1. The number of rotatable bonds is 2. The van der Waals surface area contributed by atoms with E-state index in [-0.39, 0.29) is 0 Å². The Bertz CT molecular complexity index is 485. The molecule has 0 aliphatic carbocycles. The fraction of sp³-hybridized carbons (Fsp3) is 0.231. The normalized spacial score (nSPS) is 10.3. The second-order valence-electron chi connectivity index (χ2n) is 3.53. The molecule has 14 heavy (non-hydrogen) atoms. The molecule has 0 saturated carbocycles. The van der Waals surface area contributed by atoms with E-state index in [0.29, 0.717) is 0 Å². The first kappa shape index (κ1) is 8.90. The maximum absolute atomic E-state index is 5.24. The van der Waals surface area contributed by atoms with Crippen molar-refractivity contribution < 1.29 is 0 Å². The highest BCUT2D eigenvalue weighted by molar-refractivity contribution is 5.83. The van der Waals surface area contributed by atoms with Gasteiger partial charge in [0.25, 0.3) is 0 Å². The first-order chi connectivity index (χ1) is 6.81.